The Bertz CT molecular complexity index is 508. The topological polar surface area (TPSA) is 45.8 Å². The molecular formula is C19H28N2O. The van der Waals surface area contributed by atoms with E-state index in [-0.39, 0.29) is 11.2 Å². The highest BCUT2D eigenvalue weighted by atomic mass is 16.1. The van der Waals surface area contributed by atoms with Crippen LogP contribution < -0.4 is 0 Å². The molecule has 1 atom stereocenters. The third-order valence-corrected chi connectivity index (χ3v) is 5.75. The van der Waals surface area contributed by atoms with E-state index in [9.17, 15) is 4.79 Å². The van der Waals surface area contributed by atoms with Gasteiger partial charge in [-0.15, -0.1) is 0 Å². The molecule has 3 rings (SSSR count). The van der Waals surface area contributed by atoms with Crippen LogP contribution in [0.5, 0.6) is 0 Å². The smallest absolute Gasteiger partial charge is 0.187 e. The van der Waals surface area contributed by atoms with E-state index in [4.69, 9.17) is 0 Å². The highest BCUT2D eigenvalue weighted by molar-refractivity contribution is 6.00. The molecule has 1 aromatic rings. The number of nitrogens with one attached hydrogen (secondary N) is 1. The summed E-state index contributed by atoms with van der Waals surface area (Å²) in [7, 11) is 0. The number of aromatic amines is 1. The molecule has 0 unspecified atom stereocenters. The normalized spacial score (nSPS) is 22.8. The molecule has 0 aromatic carbocycles. The zero-order valence-electron chi connectivity index (χ0n) is 13.7. The van der Waals surface area contributed by atoms with Crippen LogP contribution in [0.25, 0.3) is 0 Å². The molecule has 0 aliphatic heterocycles. The number of nitrogens with zero attached hydrogens (tertiary/aromatic N) is 1. The number of aromatic nitrogens is 2. The standard InChI is InChI=1S/C19H28N2O/c1-15(7-5-6-10-16-8-3-2-4-9-16)19(11-12-19)18(22)17-13-20-14-21-17/h5,7,13-16H,2-4,6,8-12H2,1H3,(H,20,21)/b7-5+/t15-/m1/s1. The fraction of sp³-hybridized carbons (Fsp3) is 0.684. The van der Waals surface area contributed by atoms with Gasteiger partial charge in [0.1, 0.15) is 5.69 Å². The molecule has 0 saturated heterocycles. The van der Waals surface area contributed by atoms with Crippen molar-refractivity contribution >= 4 is 5.78 Å². The van der Waals surface area contributed by atoms with Gasteiger partial charge in [0.2, 0.25) is 0 Å². The van der Waals surface area contributed by atoms with Crippen molar-refractivity contribution in [3.63, 3.8) is 0 Å². The van der Waals surface area contributed by atoms with Crippen LogP contribution in [0.15, 0.2) is 24.7 Å². The van der Waals surface area contributed by atoms with Crippen LogP contribution in [0, 0.1) is 17.3 Å². The zero-order chi connectivity index (χ0) is 15.4. The number of ketones is 1. The molecule has 2 fully saturated rings. The Hall–Kier alpha value is -1.38. The van der Waals surface area contributed by atoms with Gasteiger partial charge in [-0.3, -0.25) is 4.79 Å². The maximum absolute atomic E-state index is 12.6. The molecule has 2 aliphatic rings. The first kappa shape index (κ1) is 15.5. The van der Waals surface area contributed by atoms with Gasteiger partial charge in [-0.25, -0.2) is 4.98 Å². The van der Waals surface area contributed by atoms with Gasteiger partial charge in [-0.1, -0.05) is 51.2 Å². The van der Waals surface area contributed by atoms with Gasteiger partial charge in [0.05, 0.1) is 12.5 Å². The molecule has 0 amide bonds. The first-order valence-corrected chi connectivity index (χ1v) is 8.92. The summed E-state index contributed by atoms with van der Waals surface area (Å²) in [5.41, 5.74) is 0.508. The van der Waals surface area contributed by atoms with E-state index in [0.717, 1.165) is 18.8 Å². The quantitative estimate of drug-likeness (QED) is 0.573. The highest BCUT2D eigenvalue weighted by Crippen LogP contribution is 2.54. The second-order valence-electron chi connectivity index (χ2n) is 7.25. The lowest BCUT2D eigenvalue weighted by atomic mass is 9.84. The maximum Gasteiger partial charge on any atom is 0.187 e. The lowest BCUT2D eigenvalue weighted by molar-refractivity contribution is 0.0865. The molecular weight excluding hydrogens is 272 g/mol. The van der Waals surface area contributed by atoms with Crippen LogP contribution in [-0.2, 0) is 0 Å². The molecule has 2 aliphatic carbocycles. The predicted octanol–water partition coefficient (Wildman–Crippen LogP) is 4.93. The molecule has 1 aromatic heterocycles. The lowest BCUT2D eigenvalue weighted by Crippen LogP contribution is -2.23. The summed E-state index contributed by atoms with van der Waals surface area (Å²) in [4.78, 5) is 19.5. The summed E-state index contributed by atoms with van der Waals surface area (Å²) in [5, 5.41) is 0. The van der Waals surface area contributed by atoms with Crippen molar-refractivity contribution in [1.82, 2.24) is 9.97 Å². The van der Waals surface area contributed by atoms with Crippen LogP contribution in [0.1, 0.15) is 75.2 Å². The minimum absolute atomic E-state index is 0.159. The van der Waals surface area contributed by atoms with Crippen LogP contribution in [0.3, 0.4) is 0 Å². The third-order valence-electron chi connectivity index (χ3n) is 5.75. The molecule has 2 saturated carbocycles. The van der Waals surface area contributed by atoms with E-state index in [1.165, 1.54) is 44.9 Å². The summed E-state index contributed by atoms with van der Waals surface area (Å²) in [5.74, 6) is 1.51. The third kappa shape index (κ3) is 3.34. The monoisotopic (exact) mass is 300 g/mol. The average Bonchev–Trinajstić information content (AvgIpc) is 3.19. The maximum atomic E-state index is 12.6. The van der Waals surface area contributed by atoms with Gasteiger partial charge >= 0.3 is 0 Å². The van der Waals surface area contributed by atoms with Crippen LogP contribution in [0.4, 0.5) is 0 Å². The number of H-pyrrole nitrogens is 1. The summed E-state index contributed by atoms with van der Waals surface area (Å²) >= 11 is 0. The Labute approximate surface area is 133 Å². The van der Waals surface area contributed by atoms with E-state index in [0.29, 0.717) is 11.6 Å². The molecule has 22 heavy (non-hydrogen) atoms. The van der Waals surface area contributed by atoms with Crippen molar-refractivity contribution in [1.29, 1.82) is 0 Å². The number of imidazole rings is 1. The van der Waals surface area contributed by atoms with E-state index >= 15 is 0 Å². The minimum atomic E-state index is -0.159. The average molecular weight is 300 g/mol. The van der Waals surface area contributed by atoms with Crippen molar-refractivity contribution in [2.24, 2.45) is 17.3 Å². The summed E-state index contributed by atoms with van der Waals surface area (Å²) in [6, 6.07) is 0. The van der Waals surface area contributed by atoms with Crippen molar-refractivity contribution < 1.29 is 4.79 Å². The zero-order valence-corrected chi connectivity index (χ0v) is 13.7. The van der Waals surface area contributed by atoms with E-state index < -0.39 is 0 Å². The SMILES string of the molecule is C[C@H](/C=C/CCC1CCCCC1)C1(C(=O)c2cnc[nH]2)CC1. The van der Waals surface area contributed by atoms with Crippen molar-refractivity contribution in [3.8, 4) is 0 Å². The van der Waals surface area contributed by atoms with Crippen molar-refractivity contribution in [2.45, 2.75) is 64.7 Å². The lowest BCUT2D eigenvalue weighted by Gasteiger charge is -2.21. The van der Waals surface area contributed by atoms with Gasteiger partial charge in [0, 0.05) is 5.41 Å². The second-order valence-corrected chi connectivity index (χ2v) is 7.25. The number of Topliss-reactive ketones (excluding diaryl/α,β-unsaturated/α-hetero) is 1. The van der Waals surface area contributed by atoms with E-state index in [2.05, 4.69) is 29.0 Å². The van der Waals surface area contributed by atoms with Crippen LogP contribution in [0.2, 0.25) is 0 Å². The predicted molar refractivity (Wildman–Crippen MR) is 88.7 cm³/mol. The Morgan fingerprint density at radius 3 is 2.82 bits per heavy atom. The first-order chi connectivity index (χ1) is 10.7. The molecule has 0 radical (unpaired) electrons. The van der Waals surface area contributed by atoms with Crippen molar-refractivity contribution in [2.75, 3.05) is 0 Å². The van der Waals surface area contributed by atoms with Gasteiger partial charge in [-0.05, 0) is 37.5 Å². The molecule has 3 heteroatoms. The molecule has 120 valence electrons. The van der Waals surface area contributed by atoms with Crippen LogP contribution in [-0.4, -0.2) is 15.8 Å². The largest absolute Gasteiger partial charge is 0.342 e. The molecule has 1 heterocycles. The van der Waals surface area contributed by atoms with Crippen LogP contribution >= 0.6 is 0 Å². The molecule has 3 nitrogen and oxygen atoms in total. The second kappa shape index (κ2) is 6.80. The Balaban J connectivity index is 1.49. The first-order valence-electron chi connectivity index (χ1n) is 8.92. The number of rotatable bonds is 7. The minimum Gasteiger partial charge on any atom is -0.342 e. The number of carbonyl (C=O) groups excluding carboxylic acids is 1. The van der Waals surface area contributed by atoms with Gasteiger partial charge in [0.25, 0.3) is 0 Å². The van der Waals surface area contributed by atoms with E-state index in [1.807, 2.05) is 0 Å². The summed E-state index contributed by atoms with van der Waals surface area (Å²) in [6.07, 6.45) is 19.5. The number of allylic oxidation sites excluding steroid dienone is 2. The Morgan fingerprint density at radius 1 is 1.41 bits per heavy atom. The van der Waals surface area contributed by atoms with Gasteiger partial charge < -0.3 is 4.98 Å². The fourth-order valence-electron chi connectivity index (χ4n) is 3.96. The van der Waals surface area contributed by atoms with Gasteiger partial charge in [0.15, 0.2) is 5.78 Å². The fourth-order valence-corrected chi connectivity index (χ4v) is 3.96. The highest BCUT2D eigenvalue weighted by Gasteiger charge is 2.53. The molecule has 0 bridgehead atoms. The number of carbonyl (C=O) groups is 1. The van der Waals surface area contributed by atoms with Crippen molar-refractivity contribution in [3.05, 3.63) is 30.4 Å². The van der Waals surface area contributed by atoms with E-state index in [1.54, 1.807) is 12.5 Å². The Morgan fingerprint density at radius 2 is 2.18 bits per heavy atom. The summed E-state index contributed by atoms with van der Waals surface area (Å²) < 4.78 is 0. The van der Waals surface area contributed by atoms with Gasteiger partial charge in [-0.2, -0.15) is 0 Å². The molecule has 0 spiro atoms. The summed E-state index contributed by atoms with van der Waals surface area (Å²) in [6.45, 7) is 2.19. The number of hydrogen-bond acceptors (Lipinski definition) is 2. The number of hydrogen-bond donors (Lipinski definition) is 1. The molecule has 1 N–H and O–H groups in total. The Kier molecular flexibility index (Phi) is 4.80.